The van der Waals surface area contributed by atoms with Gasteiger partial charge < -0.3 is 24.6 Å². The SMILES string of the molecule is CC(C)(C)OC(=O)N1CCCC(CC(=O)Cc2nnc(CCCCC(=N)SC(=N)NC(=O)CC3CCCN(C(=O)OC(C)(C)C)C3)s2)C1. The van der Waals surface area contributed by atoms with Gasteiger partial charge in [0.1, 0.15) is 27.0 Å². The number of Topliss-reactive ketones (excluding diaryl/α,β-unsaturated/α-hetero) is 1. The number of hydrogen-bond donors (Lipinski definition) is 3. The Morgan fingerprint density at radius 3 is 1.96 bits per heavy atom. The number of aryl methyl sites for hydroxylation is 1. The molecule has 1 aromatic heterocycles. The topological polar surface area (TPSA) is 179 Å². The van der Waals surface area contributed by atoms with Gasteiger partial charge in [-0.25, -0.2) is 9.59 Å². The smallest absolute Gasteiger partial charge is 0.410 e. The van der Waals surface area contributed by atoms with E-state index >= 15 is 0 Å². The van der Waals surface area contributed by atoms with Crippen molar-refractivity contribution in [1.82, 2.24) is 25.3 Å². The molecule has 3 N–H and O–H groups in total. The largest absolute Gasteiger partial charge is 0.444 e. The highest BCUT2D eigenvalue weighted by Gasteiger charge is 2.30. The van der Waals surface area contributed by atoms with Crippen LogP contribution in [0, 0.1) is 22.7 Å². The molecule has 2 saturated heterocycles. The van der Waals surface area contributed by atoms with Crippen molar-refractivity contribution in [3.05, 3.63) is 10.0 Å². The first-order valence-electron chi connectivity index (χ1n) is 16.9. The number of carbonyl (C=O) groups is 4. The number of nitrogens with one attached hydrogen (secondary N) is 3. The number of unbranched alkanes of at least 4 members (excludes halogenated alkanes) is 1. The zero-order chi connectivity index (χ0) is 35.5. The maximum Gasteiger partial charge on any atom is 0.410 e. The van der Waals surface area contributed by atoms with Crippen molar-refractivity contribution in [2.24, 2.45) is 11.8 Å². The molecule has 1 aromatic rings. The van der Waals surface area contributed by atoms with Crippen LogP contribution in [0.4, 0.5) is 9.59 Å². The molecule has 0 bridgehead atoms. The van der Waals surface area contributed by atoms with Crippen LogP contribution in [-0.4, -0.2) is 91.5 Å². The Hall–Kier alpha value is -3.07. The molecule has 2 fully saturated rings. The molecular formula is C33H53N7O6S2. The van der Waals surface area contributed by atoms with Crippen molar-refractivity contribution in [3.8, 4) is 0 Å². The van der Waals surface area contributed by atoms with Crippen LogP contribution in [-0.2, 0) is 31.9 Å². The standard InChI is InChI=1S/C33H53N7O6S2/c1-32(2,3)45-30(43)39-15-9-11-22(20-39)17-24(41)19-28-38-37-27(48-28)14-8-7-13-25(34)47-29(35)36-26(42)18-23-12-10-16-40(21-23)31(44)46-33(4,5)6/h22-23,34H,7-21H2,1-6H3,(H2,35,36,42). The van der Waals surface area contributed by atoms with Gasteiger partial charge in [-0.15, -0.1) is 21.5 Å². The minimum absolute atomic E-state index is 0.00355. The summed E-state index contributed by atoms with van der Waals surface area (Å²) >= 11 is 2.37. The minimum atomic E-state index is -0.576. The van der Waals surface area contributed by atoms with E-state index < -0.39 is 11.2 Å². The van der Waals surface area contributed by atoms with Crippen LogP contribution in [0.1, 0.15) is 109 Å². The number of likely N-dealkylation sites (tertiary alicyclic amines) is 2. The molecule has 48 heavy (non-hydrogen) atoms. The summed E-state index contributed by atoms with van der Waals surface area (Å²) in [6, 6.07) is 0. The molecule has 2 aliphatic rings. The van der Waals surface area contributed by atoms with Crippen LogP contribution in [0.25, 0.3) is 0 Å². The average molecular weight is 708 g/mol. The minimum Gasteiger partial charge on any atom is -0.444 e. The summed E-state index contributed by atoms with van der Waals surface area (Å²) in [5.41, 5.74) is -1.13. The summed E-state index contributed by atoms with van der Waals surface area (Å²) in [6.45, 7) is 13.2. The second-order valence-electron chi connectivity index (χ2n) is 14.7. The summed E-state index contributed by atoms with van der Waals surface area (Å²) in [5, 5.41) is 29.1. The Labute approximate surface area is 292 Å². The molecule has 0 radical (unpaired) electrons. The molecular weight excluding hydrogens is 655 g/mol. The van der Waals surface area contributed by atoms with Gasteiger partial charge in [0.15, 0.2) is 5.17 Å². The molecule has 13 nitrogen and oxygen atoms in total. The van der Waals surface area contributed by atoms with Crippen LogP contribution < -0.4 is 5.32 Å². The summed E-state index contributed by atoms with van der Waals surface area (Å²) < 4.78 is 10.9. The Morgan fingerprint density at radius 1 is 0.854 bits per heavy atom. The zero-order valence-electron chi connectivity index (χ0n) is 29.3. The molecule has 268 valence electrons. The lowest BCUT2D eigenvalue weighted by Gasteiger charge is -2.33. The van der Waals surface area contributed by atoms with Crippen LogP contribution in [0.2, 0.25) is 0 Å². The number of amides is 3. The number of rotatable bonds is 11. The number of hydrogen-bond acceptors (Lipinski definition) is 12. The predicted molar refractivity (Wildman–Crippen MR) is 188 cm³/mol. The Bertz CT molecular complexity index is 1310. The number of thioether (sulfide) groups is 1. The second kappa shape index (κ2) is 18.1. The number of ketones is 1. The molecule has 0 aromatic carbocycles. The molecule has 0 saturated carbocycles. The van der Waals surface area contributed by atoms with Crippen molar-refractivity contribution in [1.29, 1.82) is 10.8 Å². The van der Waals surface area contributed by atoms with Crippen molar-refractivity contribution in [3.63, 3.8) is 0 Å². The summed E-state index contributed by atoms with van der Waals surface area (Å²) in [4.78, 5) is 53.5. The van der Waals surface area contributed by atoms with E-state index in [9.17, 15) is 19.2 Å². The zero-order valence-corrected chi connectivity index (χ0v) is 30.9. The Balaban J connectivity index is 1.29. The monoisotopic (exact) mass is 707 g/mol. The lowest BCUT2D eigenvalue weighted by atomic mass is 9.92. The van der Waals surface area contributed by atoms with E-state index in [1.54, 1.807) is 9.80 Å². The lowest BCUT2D eigenvalue weighted by Crippen LogP contribution is -2.44. The lowest BCUT2D eigenvalue weighted by molar-refractivity contribution is -0.121. The number of carbonyl (C=O) groups excluding carboxylic acids is 4. The van der Waals surface area contributed by atoms with E-state index in [1.807, 2.05) is 41.5 Å². The summed E-state index contributed by atoms with van der Waals surface area (Å²) in [5.74, 6) is -0.0855. The van der Waals surface area contributed by atoms with Gasteiger partial charge in [-0.3, -0.25) is 20.4 Å². The Kier molecular flexibility index (Phi) is 14.8. The van der Waals surface area contributed by atoms with Crippen molar-refractivity contribution in [2.75, 3.05) is 26.2 Å². The van der Waals surface area contributed by atoms with Gasteiger partial charge in [0.2, 0.25) is 5.91 Å². The van der Waals surface area contributed by atoms with Crippen molar-refractivity contribution < 1.29 is 28.7 Å². The molecule has 15 heteroatoms. The maximum absolute atomic E-state index is 12.8. The summed E-state index contributed by atoms with van der Waals surface area (Å²) in [6.07, 6.45) is 6.19. The molecule has 0 spiro atoms. The van der Waals surface area contributed by atoms with Crippen LogP contribution in [0.5, 0.6) is 0 Å². The fourth-order valence-electron chi connectivity index (χ4n) is 5.67. The summed E-state index contributed by atoms with van der Waals surface area (Å²) in [7, 11) is 0. The number of piperidine rings is 2. The van der Waals surface area contributed by atoms with Gasteiger partial charge in [0.05, 0.1) is 11.5 Å². The maximum atomic E-state index is 12.8. The third kappa shape index (κ3) is 15.0. The van der Waals surface area contributed by atoms with E-state index in [4.69, 9.17) is 20.3 Å². The number of amidine groups is 1. The first kappa shape index (κ1) is 39.4. The van der Waals surface area contributed by atoms with Gasteiger partial charge in [0, 0.05) is 45.4 Å². The predicted octanol–water partition coefficient (Wildman–Crippen LogP) is 6.20. The normalized spacial score (nSPS) is 18.6. The Morgan fingerprint density at radius 2 is 1.40 bits per heavy atom. The van der Waals surface area contributed by atoms with E-state index in [0.29, 0.717) is 55.5 Å². The fraction of sp³-hybridized carbons (Fsp3) is 0.758. The first-order chi connectivity index (χ1) is 22.5. The van der Waals surface area contributed by atoms with Crippen LogP contribution in [0.15, 0.2) is 0 Å². The molecule has 0 aliphatic carbocycles. The number of nitrogens with zero attached hydrogens (tertiary/aromatic N) is 4. The van der Waals surface area contributed by atoms with E-state index in [1.165, 1.54) is 11.3 Å². The fourth-order valence-corrected chi connectivity index (χ4v) is 7.25. The highest BCUT2D eigenvalue weighted by Crippen LogP contribution is 2.24. The molecule has 3 heterocycles. The van der Waals surface area contributed by atoms with E-state index in [2.05, 4.69) is 15.5 Å². The van der Waals surface area contributed by atoms with Gasteiger partial charge in [-0.05, 0) is 110 Å². The third-order valence-electron chi connectivity index (χ3n) is 7.71. The van der Waals surface area contributed by atoms with Gasteiger partial charge in [0.25, 0.3) is 0 Å². The number of aromatic nitrogens is 2. The van der Waals surface area contributed by atoms with Crippen LogP contribution >= 0.6 is 23.1 Å². The van der Waals surface area contributed by atoms with E-state index in [0.717, 1.165) is 55.3 Å². The van der Waals surface area contributed by atoms with Crippen molar-refractivity contribution >= 4 is 57.2 Å². The molecule has 2 unspecified atom stereocenters. The van der Waals surface area contributed by atoms with Crippen molar-refractivity contribution in [2.45, 2.75) is 123 Å². The second-order valence-corrected chi connectivity index (χ2v) is 16.9. The van der Waals surface area contributed by atoms with Gasteiger partial charge in [-0.1, -0.05) is 0 Å². The molecule has 2 atom stereocenters. The number of ether oxygens (including phenoxy) is 2. The van der Waals surface area contributed by atoms with Crippen LogP contribution in [0.3, 0.4) is 0 Å². The quantitative estimate of drug-likeness (QED) is 0.137. The highest BCUT2D eigenvalue weighted by atomic mass is 32.2. The molecule has 2 aliphatic heterocycles. The third-order valence-corrected chi connectivity index (χ3v) is 9.45. The average Bonchev–Trinajstić information content (AvgIpc) is 3.40. The highest BCUT2D eigenvalue weighted by molar-refractivity contribution is 8.26. The first-order valence-corrected chi connectivity index (χ1v) is 18.5. The van der Waals surface area contributed by atoms with E-state index in [-0.39, 0.29) is 53.7 Å². The van der Waals surface area contributed by atoms with Gasteiger partial charge in [-0.2, -0.15) is 0 Å². The molecule has 3 rings (SSSR count). The molecule has 3 amide bonds. The van der Waals surface area contributed by atoms with Gasteiger partial charge >= 0.3 is 12.2 Å².